The number of piperidine rings is 2. The molecule has 0 radical (unpaired) electrons. The van der Waals surface area contributed by atoms with Gasteiger partial charge >= 0.3 is 0 Å². The van der Waals surface area contributed by atoms with Crippen molar-refractivity contribution in [3.8, 4) is 0 Å². The molecule has 0 bridgehead atoms. The zero-order valence-electron chi connectivity index (χ0n) is 16.4. The minimum Gasteiger partial charge on any atom is -0.342 e. The van der Waals surface area contributed by atoms with Gasteiger partial charge in [-0.2, -0.15) is 0 Å². The molecule has 0 unspecified atom stereocenters. The van der Waals surface area contributed by atoms with Crippen molar-refractivity contribution in [2.45, 2.75) is 51.5 Å². The Bertz CT molecular complexity index is 751. The number of carbonyl (C=O) groups is 3. The second-order valence-electron chi connectivity index (χ2n) is 8.34. The maximum atomic E-state index is 12.7. The number of hydrogen-bond donors (Lipinski definition) is 1. The molecule has 28 heavy (non-hydrogen) atoms. The van der Waals surface area contributed by atoms with E-state index in [2.05, 4.69) is 5.32 Å². The largest absolute Gasteiger partial charge is 0.342 e. The average molecular weight is 383 g/mol. The smallest absolute Gasteiger partial charge is 0.227 e. The zero-order chi connectivity index (χ0) is 19.5. The van der Waals surface area contributed by atoms with Crippen molar-refractivity contribution >= 4 is 23.4 Å². The predicted octanol–water partition coefficient (Wildman–Crippen LogP) is 2.79. The molecule has 3 fully saturated rings. The van der Waals surface area contributed by atoms with E-state index in [1.54, 1.807) is 0 Å². The van der Waals surface area contributed by atoms with E-state index < -0.39 is 0 Å². The number of hydrogen-bond acceptors (Lipinski definition) is 3. The summed E-state index contributed by atoms with van der Waals surface area (Å²) in [4.78, 5) is 40.7. The molecular weight excluding hydrogens is 354 g/mol. The van der Waals surface area contributed by atoms with E-state index in [1.807, 2.05) is 34.1 Å². The van der Waals surface area contributed by atoms with Crippen LogP contribution >= 0.6 is 0 Å². The third-order valence-corrected chi connectivity index (χ3v) is 6.09. The maximum Gasteiger partial charge on any atom is 0.227 e. The Kier molecular flexibility index (Phi) is 5.64. The summed E-state index contributed by atoms with van der Waals surface area (Å²) in [5.41, 5.74) is 1.82. The van der Waals surface area contributed by atoms with Crippen LogP contribution in [0.5, 0.6) is 0 Å². The van der Waals surface area contributed by atoms with Crippen molar-refractivity contribution < 1.29 is 14.4 Å². The molecule has 1 N–H and O–H groups in total. The van der Waals surface area contributed by atoms with Crippen LogP contribution in [0.4, 0.5) is 5.69 Å². The predicted molar refractivity (Wildman–Crippen MR) is 106 cm³/mol. The molecule has 3 aliphatic rings. The normalized spacial score (nSPS) is 20.9. The Morgan fingerprint density at radius 1 is 1.00 bits per heavy atom. The summed E-state index contributed by atoms with van der Waals surface area (Å²) >= 11 is 0. The van der Waals surface area contributed by atoms with Crippen LogP contribution in [0.3, 0.4) is 0 Å². The average Bonchev–Trinajstić information content (AvgIpc) is 3.55. The summed E-state index contributed by atoms with van der Waals surface area (Å²) in [6.07, 6.45) is 6.19. The molecule has 2 aliphatic heterocycles. The van der Waals surface area contributed by atoms with Crippen molar-refractivity contribution in [3.63, 3.8) is 0 Å². The van der Waals surface area contributed by atoms with E-state index >= 15 is 0 Å². The van der Waals surface area contributed by atoms with Gasteiger partial charge in [-0.3, -0.25) is 14.4 Å². The molecule has 0 aromatic heterocycles. The third kappa shape index (κ3) is 4.54. The lowest BCUT2D eigenvalue weighted by Gasteiger charge is -2.31. The van der Waals surface area contributed by atoms with Crippen LogP contribution in [-0.4, -0.2) is 47.2 Å². The summed E-state index contributed by atoms with van der Waals surface area (Å²) < 4.78 is 0. The van der Waals surface area contributed by atoms with Gasteiger partial charge in [-0.25, -0.2) is 0 Å². The number of likely N-dealkylation sites (tertiary alicyclic amines) is 2. The van der Waals surface area contributed by atoms with Gasteiger partial charge < -0.3 is 15.1 Å². The quantitative estimate of drug-likeness (QED) is 0.850. The fraction of sp³-hybridized carbons (Fsp3) is 0.591. The molecule has 1 aromatic carbocycles. The highest BCUT2D eigenvalue weighted by Crippen LogP contribution is 2.32. The van der Waals surface area contributed by atoms with Crippen LogP contribution in [0.15, 0.2) is 24.3 Å². The first-order chi connectivity index (χ1) is 13.6. The topological polar surface area (TPSA) is 69.7 Å². The molecule has 2 heterocycles. The van der Waals surface area contributed by atoms with Gasteiger partial charge in [-0.15, -0.1) is 0 Å². The van der Waals surface area contributed by atoms with Crippen LogP contribution in [-0.2, 0) is 20.9 Å². The standard InChI is InChI=1S/C22H29N3O3/c26-20-6-1-2-11-25(20)15-16-4-3-5-19(14-16)23-21(27)17-9-12-24(13-10-17)22(28)18-7-8-18/h3-5,14,17-18H,1-2,6-13,15H2,(H,23,27). The lowest BCUT2D eigenvalue weighted by molar-refractivity contribution is -0.135. The first-order valence-corrected chi connectivity index (χ1v) is 10.6. The maximum absolute atomic E-state index is 12.7. The highest BCUT2D eigenvalue weighted by atomic mass is 16.2. The zero-order valence-corrected chi connectivity index (χ0v) is 16.4. The van der Waals surface area contributed by atoms with Gasteiger partial charge in [0, 0.05) is 50.1 Å². The van der Waals surface area contributed by atoms with Crippen LogP contribution in [0.25, 0.3) is 0 Å². The molecule has 0 atom stereocenters. The monoisotopic (exact) mass is 383 g/mol. The fourth-order valence-corrected chi connectivity index (χ4v) is 4.19. The molecule has 1 aromatic rings. The Hall–Kier alpha value is -2.37. The number of rotatable bonds is 5. The fourth-order valence-electron chi connectivity index (χ4n) is 4.19. The number of nitrogens with zero attached hydrogens (tertiary/aromatic N) is 2. The Balaban J connectivity index is 1.29. The van der Waals surface area contributed by atoms with Gasteiger partial charge in [0.2, 0.25) is 17.7 Å². The third-order valence-electron chi connectivity index (χ3n) is 6.09. The first kappa shape index (κ1) is 19.0. The van der Waals surface area contributed by atoms with Crippen LogP contribution in [0.2, 0.25) is 0 Å². The Morgan fingerprint density at radius 2 is 1.79 bits per heavy atom. The molecule has 4 rings (SSSR count). The number of benzene rings is 1. The molecule has 1 aliphatic carbocycles. The van der Waals surface area contributed by atoms with E-state index in [0.717, 1.165) is 56.3 Å². The lowest BCUT2D eigenvalue weighted by Crippen LogP contribution is -2.42. The SMILES string of the molecule is O=C(Nc1cccc(CN2CCCCC2=O)c1)C1CCN(C(=O)C2CC2)CC1. The van der Waals surface area contributed by atoms with Crippen molar-refractivity contribution in [1.29, 1.82) is 0 Å². The molecule has 150 valence electrons. The van der Waals surface area contributed by atoms with Crippen LogP contribution < -0.4 is 5.32 Å². The summed E-state index contributed by atoms with van der Waals surface area (Å²) in [6.45, 7) is 2.78. The number of anilines is 1. The molecule has 0 spiro atoms. The number of nitrogens with one attached hydrogen (secondary N) is 1. The van der Waals surface area contributed by atoms with Gasteiger partial charge in [0.1, 0.15) is 0 Å². The van der Waals surface area contributed by atoms with E-state index in [1.165, 1.54) is 0 Å². The van der Waals surface area contributed by atoms with Gasteiger partial charge in [0.15, 0.2) is 0 Å². The molecule has 3 amide bonds. The van der Waals surface area contributed by atoms with Crippen molar-refractivity contribution in [3.05, 3.63) is 29.8 Å². The summed E-state index contributed by atoms with van der Waals surface area (Å²) in [5.74, 6) is 0.729. The van der Waals surface area contributed by atoms with Crippen molar-refractivity contribution in [1.82, 2.24) is 9.80 Å². The highest BCUT2D eigenvalue weighted by molar-refractivity contribution is 5.93. The highest BCUT2D eigenvalue weighted by Gasteiger charge is 2.36. The second kappa shape index (κ2) is 8.33. The lowest BCUT2D eigenvalue weighted by atomic mass is 9.95. The summed E-state index contributed by atoms with van der Waals surface area (Å²) in [6, 6.07) is 7.78. The van der Waals surface area contributed by atoms with Crippen molar-refractivity contribution in [2.24, 2.45) is 11.8 Å². The van der Waals surface area contributed by atoms with Crippen molar-refractivity contribution in [2.75, 3.05) is 25.0 Å². The number of amides is 3. The van der Waals surface area contributed by atoms with Crippen LogP contribution in [0.1, 0.15) is 50.5 Å². The van der Waals surface area contributed by atoms with Gasteiger partial charge in [0.05, 0.1) is 0 Å². The van der Waals surface area contributed by atoms with Gasteiger partial charge in [0.25, 0.3) is 0 Å². The van der Waals surface area contributed by atoms with E-state index in [4.69, 9.17) is 0 Å². The molecule has 2 saturated heterocycles. The minimum absolute atomic E-state index is 0.0321. The van der Waals surface area contributed by atoms with E-state index in [9.17, 15) is 14.4 Å². The molecule has 1 saturated carbocycles. The first-order valence-electron chi connectivity index (χ1n) is 10.6. The van der Waals surface area contributed by atoms with Gasteiger partial charge in [-0.1, -0.05) is 12.1 Å². The molecule has 6 nitrogen and oxygen atoms in total. The Morgan fingerprint density at radius 3 is 2.50 bits per heavy atom. The van der Waals surface area contributed by atoms with Crippen LogP contribution in [0, 0.1) is 11.8 Å². The molecular formula is C22H29N3O3. The summed E-state index contributed by atoms with van der Waals surface area (Å²) in [5, 5.41) is 3.03. The van der Waals surface area contributed by atoms with Gasteiger partial charge in [-0.05, 0) is 56.2 Å². The Labute approximate surface area is 166 Å². The summed E-state index contributed by atoms with van der Waals surface area (Å²) in [7, 11) is 0. The second-order valence-corrected chi connectivity index (χ2v) is 8.34. The number of carbonyl (C=O) groups excluding carboxylic acids is 3. The van der Waals surface area contributed by atoms with E-state index in [-0.39, 0.29) is 29.6 Å². The minimum atomic E-state index is -0.0458. The van der Waals surface area contributed by atoms with E-state index in [0.29, 0.717) is 26.1 Å². The molecule has 6 heteroatoms.